The van der Waals surface area contributed by atoms with Crippen molar-refractivity contribution in [2.45, 2.75) is 44.6 Å². The molecule has 1 amide bonds. The quantitative estimate of drug-likeness (QED) is 0.787. The summed E-state index contributed by atoms with van der Waals surface area (Å²) in [5, 5.41) is 5.12. The second-order valence-corrected chi connectivity index (χ2v) is 7.24. The highest BCUT2D eigenvalue weighted by molar-refractivity contribution is 7.10. The van der Waals surface area contributed by atoms with Gasteiger partial charge in [0.05, 0.1) is 6.04 Å². The minimum absolute atomic E-state index is 0.0830. The highest BCUT2D eigenvalue weighted by Gasteiger charge is 2.20. The van der Waals surface area contributed by atoms with Crippen molar-refractivity contribution < 1.29 is 9.18 Å². The largest absolute Gasteiger partial charge is 0.344 e. The predicted molar refractivity (Wildman–Crippen MR) is 91.9 cm³/mol. The van der Waals surface area contributed by atoms with Crippen LogP contribution in [0.1, 0.15) is 55.0 Å². The molecule has 0 radical (unpaired) electrons. The van der Waals surface area contributed by atoms with Crippen molar-refractivity contribution >= 4 is 17.2 Å². The number of amides is 1. The van der Waals surface area contributed by atoms with Crippen LogP contribution >= 0.6 is 11.3 Å². The fourth-order valence-corrected chi connectivity index (χ4v) is 4.10. The Hall–Kier alpha value is -1.68. The summed E-state index contributed by atoms with van der Waals surface area (Å²) in [7, 11) is 0. The molecular formula is C19H22FNOS. The fraction of sp³-hybridized carbons (Fsp3) is 0.421. The second-order valence-electron chi connectivity index (χ2n) is 6.26. The molecule has 1 saturated carbocycles. The summed E-state index contributed by atoms with van der Waals surface area (Å²) in [6, 6.07) is 10.2. The smallest absolute Gasteiger partial charge is 0.220 e. The van der Waals surface area contributed by atoms with E-state index in [-0.39, 0.29) is 17.8 Å². The highest BCUT2D eigenvalue weighted by Crippen LogP contribution is 2.29. The molecule has 4 heteroatoms. The van der Waals surface area contributed by atoms with E-state index >= 15 is 0 Å². The Kier molecular flexibility index (Phi) is 5.44. The van der Waals surface area contributed by atoms with Crippen molar-refractivity contribution in [2.24, 2.45) is 5.92 Å². The van der Waals surface area contributed by atoms with Crippen LogP contribution in [0.5, 0.6) is 0 Å². The molecule has 2 nitrogen and oxygen atoms in total. The maximum absolute atomic E-state index is 13.2. The van der Waals surface area contributed by atoms with Gasteiger partial charge in [-0.3, -0.25) is 4.79 Å². The summed E-state index contributed by atoms with van der Waals surface area (Å²) in [6.07, 6.45) is 6.69. The number of carbonyl (C=O) groups is 1. The summed E-state index contributed by atoms with van der Waals surface area (Å²) < 4.78 is 13.2. The van der Waals surface area contributed by atoms with E-state index in [0.29, 0.717) is 12.3 Å². The first-order valence-corrected chi connectivity index (χ1v) is 9.18. The molecule has 1 aliphatic rings. The number of carbonyl (C=O) groups excluding carboxylic acids is 1. The van der Waals surface area contributed by atoms with Crippen molar-refractivity contribution in [3.63, 3.8) is 0 Å². The second kappa shape index (κ2) is 7.73. The van der Waals surface area contributed by atoms with Crippen LogP contribution in [0, 0.1) is 11.7 Å². The first-order chi connectivity index (χ1) is 11.2. The zero-order valence-electron chi connectivity index (χ0n) is 13.1. The average Bonchev–Trinajstić information content (AvgIpc) is 3.25. The normalized spacial score (nSPS) is 16.4. The fourth-order valence-electron chi connectivity index (χ4n) is 3.30. The molecule has 1 aromatic heterocycles. The van der Waals surface area contributed by atoms with E-state index in [0.717, 1.165) is 16.9 Å². The third-order valence-corrected chi connectivity index (χ3v) is 5.53. The topological polar surface area (TPSA) is 29.1 Å². The SMILES string of the molecule is O=C(CCC1CCCC1)NC(c1ccc(F)cc1)c1cccs1. The lowest BCUT2D eigenvalue weighted by Crippen LogP contribution is -2.29. The van der Waals surface area contributed by atoms with Crippen LogP contribution in [0.15, 0.2) is 41.8 Å². The Labute approximate surface area is 140 Å². The molecule has 0 saturated heterocycles. The van der Waals surface area contributed by atoms with Crippen LogP contribution in [0.3, 0.4) is 0 Å². The van der Waals surface area contributed by atoms with E-state index in [1.165, 1.54) is 37.8 Å². The average molecular weight is 331 g/mol. The molecule has 1 N–H and O–H groups in total. The van der Waals surface area contributed by atoms with Crippen molar-refractivity contribution in [2.75, 3.05) is 0 Å². The maximum atomic E-state index is 13.2. The van der Waals surface area contributed by atoms with Crippen molar-refractivity contribution in [3.8, 4) is 0 Å². The maximum Gasteiger partial charge on any atom is 0.220 e. The van der Waals surface area contributed by atoms with E-state index in [2.05, 4.69) is 5.32 Å². The summed E-state index contributed by atoms with van der Waals surface area (Å²) in [4.78, 5) is 13.4. The number of thiophene rings is 1. The van der Waals surface area contributed by atoms with Crippen LogP contribution in [-0.4, -0.2) is 5.91 Å². The van der Waals surface area contributed by atoms with Crippen LogP contribution in [0.4, 0.5) is 4.39 Å². The molecule has 0 bridgehead atoms. The molecule has 1 aromatic carbocycles. The molecule has 1 atom stereocenters. The Morgan fingerprint density at radius 2 is 1.96 bits per heavy atom. The minimum atomic E-state index is -0.258. The van der Waals surface area contributed by atoms with Crippen LogP contribution in [-0.2, 0) is 4.79 Å². The number of rotatable bonds is 6. The van der Waals surface area contributed by atoms with Gasteiger partial charge in [-0.25, -0.2) is 4.39 Å². The number of nitrogens with one attached hydrogen (secondary N) is 1. The molecule has 3 rings (SSSR count). The van der Waals surface area contributed by atoms with Crippen LogP contribution in [0.2, 0.25) is 0 Å². The van der Waals surface area contributed by atoms with Gasteiger partial charge in [0, 0.05) is 11.3 Å². The van der Waals surface area contributed by atoms with Gasteiger partial charge in [0.25, 0.3) is 0 Å². The molecule has 0 aliphatic heterocycles. The van der Waals surface area contributed by atoms with Gasteiger partial charge in [0.15, 0.2) is 0 Å². The summed E-state index contributed by atoms with van der Waals surface area (Å²) in [5.74, 6) is 0.539. The Balaban J connectivity index is 1.66. The third-order valence-electron chi connectivity index (χ3n) is 4.59. The van der Waals surface area contributed by atoms with Gasteiger partial charge in [-0.2, -0.15) is 0 Å². The standard InChI is InChI=1S/C19H22FNOS/c20-16-10-8-15(9-11-16)19(17-6-3-13-23-17)21-18(22)12-7-14-4-1-2-5-14/h3,6,8-11,13-14,19H,1-2,4-5,7,12H2,(H,21,22). The van der Waals surface area contributed by atoms with Gasteiger partial charge < -0.3 is 5.32 Å². The van der Waals surface area contributed by atoms with Gasteiger partial charge in [-0.1, -0.05) is 43.9 Å². The molecule has 23 heavy (non-hydrogen) atoms. The van der Waals surface area contributed by atoms with E-state index in [1.54, 1.807) is 23.5 Å². The first kappa shape index (κ1) is 16.2. The molecule has 2 aromatic rings. The molecule has 1 fully saturated rings. The Morgan fingerprint density at radius 1 is 1.22 bits per heavy atom. The van der Waals surface area contributed by atoms with E-state index in [9.17, 15) is 9.18 Å². The number of hydrogen-bond acceptors (Lipinski definition) is 2. The first-order valence-electron chi connectivity index (χ1n) is 8.30. The summed E-state index contributed by atoms with van der Waals surface area (Å²) in [5.41, 5.74) is 0.920. The molecule has 0 spiro atoms. The molecule has 1 unspecified atom stereocenters. The predicted octanol–water partition coefficient (Wildman–Crippen LogP) is 5.06. The molecule has 122 valence electrons. The van der Waals surface area contributed by atoms with Crippen molar-refractivity contribution in [3.05, 3.63) is 58.0 Å². The highest BCUT2D eigenvalue weighted by atomic mass is 32.1. The minimum Gasteiger partial charge on any atom is -0.344 e. The summed E-state index contributed by atoms with van der Waals surface area (Å²) >= 11 is 1.61. The summed E-state index contributed by atoms with van der Waals surface area (Å²) in [6.45, 7) is 0. The lowest BCUT2D eigenvalue weighted by molar-refractivity contribution is -0.121. The molecule has 1 heterocycles. The molecular weight excluding hydrogens is 309 g/mol. The monoisotopic (exact) mass is 331 g/mol. The van der Waals surface area contributed by atoms with Gasteiger partial charge >= 0.3 is 0 Å². The number of hydrogen-bond donors (Lipinski definition) is 1. The lowest BCUT2D eigenvalue weighted by atomic mass is 10.0. The third kappa shape index (κ3) is 4.41. The van der Waals surface area contributed by atoms with Crippen molar-refractivity contribution in [1.29, 1.82) is 0 Å². The number of benzene rings is 1. The lowest BCUT2D eigenvalue weighted by Gasteiger charge is -2.19. The van der Waals surface area contributed by atoms with Crippen LogP contribution in [0.25, 0.3) is 0 Å². The van der Waals surface area contributed by atoms with Gasteiger partial charge in [-0.05, 0) is 41.5 Å². The van der Waals surface area contributed by atoms with E-state index in [4.69, 9.17) is 0 Å². The van der Waals surface area contributed by atoms with Gasteiger partial charge in [-0.15, -0.1) is 11.3 Å². The zero-order valence-corrected chi connectivity index (χ0v) is 13.9. The van der Waals surface area contributed by atoms with E-state index < -0.39 is 0 Å². The Morgan fingerprint density at radius 3 is 2.61 bits per heavy atom. The van der Waals surface area contributed by atoms with Gasteiger partial charge in [0.1, 0.15) is 5.82 Å². The zero-order chi connectivity index (χ0) is 16.1. The Bertz CT molecular complexity index is 617. The van der Waals surface area contributed by atoms with E-state index in [1.807, 2.05) is 17.5 Å². The van der Waals surface area contributed by atoms with Crippen molar-refractivity contribution in [1.82, 2.24) is 5.32 Å². The molecule has 1 aliphatic carbocycles. The van der Waals surface area contributed by atoms with Gasteiger partial charge in [0.2, 0.25) is 5.91 Å². The number of halogens is 1. The van der Waals surface area contributed by atoms with Crippen LogP contribution < -0.4 is 5.32 Å².